The summed E-state index contributed by atoms with van der Waals surface area (Å²) in [7, 11) is 0. The number of nitrogens with one attached hydrogen (secondary N) is 1. The summed E-state index contributed by atoms with van der Waals surface area (Å²) in [5.74, 6) is -2.44. The number of nitro benzene ring substituents is 1. The lowest BCUT2D eigenvalue weighted by Crippen LogP contribution is -2.14. The Hall–Kier alpha value is -2.35. The van der Waals surface area contributed by atoms with Crippen LogP contribution in [-0.2, 0) is 0 Å². The molecule has 5 nitrogen and oxygen atoms in total. The molecule has 1 N–H and O–H groups in total. The molecule has 2 rings (SSSR count). The number of benzene rings is 2. The van der Waals surface area contributed by atoms with Gasteiger partial charge in [-0.05, 0) is 40.2 Å². The number of hydrogen-bond donors (Lipinski definition) is 1. The molecule has 0 bridgehead atoms. The zero-order valence-electron chi connectivity index (χ0n) is 10.3. The minimum absolute atomic E-state index is 0.137. The average Bonchev–Trinajstić information content (AvgIpc) is 2.42. The molecule has 0 aliphatic heterocycles. The van der Waals surface area contributed by atoms with Crippen molar-refractivity contribution in [2.75, 3.05) is 5.32 Å². The first kappa shape index (κ1) is 15.0. The molecule has 0 atom stereocenters. The molecule has 0 aliphatic carbocycles. The smallest absolute Gasteiger partial charge is 0.272 e. The molecule has 2 aromatic carbocycles. The molecule has 21 heavy (non-hydrogen) atoms. The Balaban J connectivity index is 2.24. The summed E-state index contributed by atoms with van der Waals surface area (Å²) in [6.45, 7) is 0. The number of amides is 1. The van der Waals surface area contributed by atoms with Crippen LogP contribution in [0.25, 0.3) is 0 Å². The van der Waals surface area contributed by atoms with E-state index < -0.39 is 28.2 Å². The number of non-ortho nitro benzene ring substituents is 1. The lowest BCUT2D eigenvalue weighted by atomic mass is 10.1. The standard InChI is InChI=1S/C13H7BrF2N2O3/c14-10-4-1-7(5-12(10)16)17-13(19)9-3-2-8(18(20)21)6-11(9)15/h1-6H,(H,17,19). The van der Waals surface area contributed by atoms with E-state index in [1.54, 1.807) is 0 Å². The van der Waals surface area contributed by atoms with Gasteiger partial charge >= 0.3 is 0 Å². The normalized spacial score (nSPS) is 10.2. The number of anilines is 1. The van der Waals surface area contributed by atoms with Crippen LogP contribution in [0.5, 0.6) is 0 Å². The van der Waals surface area contributed by atoms with Crippen molar-refractivity contribution in [2.24, 2.45) is 0 Å². The van der Waals surface area contributed by atoms with Crippen molar-refractivity contribution in [3.63, 3.8) is 0 Å². The van der Waals surface area contributed by atoms with E-state index in [4.69, 9.17) is 0 Å². The van der Waals surface area contributed by atoms with Gasteiger partial charge in [-0.3, -0.25) is 14.9 Å². The van der Waals surface area contributed by atoms with E-state index in [9.17, 15) is 23.7 Å². The minimum atomic E-state index is -1.03. The van der Waals surface area contributed by atoms with Crippen molar-refractivity contribution in [2.45, 2.75) is 0 Å². The van der Waals surface area contributed by atoms with Crippen molar-refractivity contribution in [1.82, 2.24) is 0 Å². The van der Waals surface area contributed by atoms with E-state index in [0.29, 0.717) is 6.07 Å². The van der Waals surface area contributed by atoms with Gasteiger partial charge in [0, 0.05) is 11.8 Å². The predicted molar refractivity (Wildman–Crippen MR) is 75.1 cm³/mol. The molecule has 0 fully saturated rings. The van der Waals surface area contributed by atoms with E-state index in [-0.39, 0.29) is 15.7 Å². The topological polar surface area (TPSA) is 72.2 Å². The number of hydrogen-bond acceptors (Lipinski definition) is 3. The Labute approximate surface area is 125 Å². The molecule has 108 valence electrons. The maximum atomic E-state index is 13.7. The van der Waals surface area contributed by atoms with Crippen LogP contribution in [0.2, 0.25) is 0 Å². The van der Waals surface area contributed by atoms with E-state index in [2.05, 4.69) is 21.2 Å². The Morgan fingerprint density at radius 1 is 1.14 bits per heavy atom. The fourth-order valence-electron chi connectivity index (χ4n) is 1.57. The average molecular weight is 357 g/mol. The molecule has 0 spiro atoms. The number of halogens is 3. The van der Waals surface area contributed by atoms with Crippen molar-refractivity contribution in [3.05, 3.63) is 68.2 Å². The third-order valence-corrected chi connectivity index (χ3v) is 3.23. The van der Waals surface area contributed by atoms with Crippen LogP contribution in [0.15, 0.2) is 40.9 Å². The molecular formula is C13H7BrF2N2O3. The second-order valence-corrected chi connectivity index (χ2v) is 4.86. The molecule has 0 aromatic heterocycles. The monoisotopic (exact) mass is 356 g/mol. The van der Waals surface area contributed by atoms with Crippen LogP contribution in [0.4, 0.5) is 20.2 Å². The van der Waals surface area contributed by atoms with Gasteiger partial charge in [-0.2, -0.15) is 0 Å². The van der Waals surface area contributed by atoms with Crippen LogP contribution in [0, 0.1) is 21.7 Å². The summed E-state index contributed by atoms with van der Waals surface area (Å²) in [5, 5.41) is 12.8. The first-order valence-electron chi connectivity index (χ1n) is 5.59. The summed E-state index contributed by atoms with van der Waals surface area (Å²) in [5.41, 5.74) is -0.693. The van der Waals surface area contributed by atoms with Crippen LogP contribution in [-0.4, -0.2) is 10.8 Å². The second-order valence-electron chi connectivity index (χ2n) is 4.00. The fourth-order valence-corrected chi connectivity index (χ4v) is 1.82. The Morgan fingerprint density at radius 3 is 2.43 bits per heavy atom. The molecule has 0 saturated carbocycles. The number of carbonyl (C=O) groups excluding carboxylic acids is 1. The molecule has 0 heterocycles. The van der Waals surface area contributed by atoms with Gasteiger partial charge in [0.25, 0.3) is 11.6 Å². The summed E-state index contributed by atoms with van der Waals surface area (Å²) >= 11 is 2.96. The van der Waals surface area contributed by atoms with Gasteiger partial charge < -0.3 is 5.32 Å². The van der Waals surface area contributed by atoms with Crippen molar-refractivity contribution < 1.29 is 18.5 Å². The van der Waals surface area contributed by atoms with Crippen molar-refractivity contribution >= 4 is 33.2 Å². The third-order valence-electron chi connectivity index (χ3n) is 2.59. The van der Waals surface area contributed by atoms with Crippen molar-refractivity contribution in [3.8, 4) is 0 Å². The molecule has 0 unspecified atom stereocenters. The summed E-state index contributed by atoms with van der Waals surface area (Å²) in [6, 6.07) is 6.53. The maximum Gasteiger partial charge on any atom is 0.272 e. The van der Waals surface area contributed by atoms with Gasteiger partial charge in [-0.15, -0.1) is 0 Å². The number of rotatable bonds is 3. The third kappa shape index (κ3) is 3.40. The molecule has 0 aliphatic rings. The van der Waals surface area contributed by atoms with Gasteiger partial charge in [0.15, 0.2) is 0 Å². The van der Waals surface area contributed by atoms with Gasteiger partial charge in [0.1, 0.15) is 11.6 Å². The summed E-state index contributed by atoms with van der Waals surface area (Å²) < 4.78 is 27.2. The highest BCUT2D eigenvalue weighted by molar-refractivity contribution is 9.10. The molecule has 8 heteroatoms. The van der Waals surface area contributed by atoms with E-state index in [1.165, 1.54) is 12.1 Å². The van der Waals surface area contributed by atoms with Gasteiger partial charge in [-0.25, -0.2) is 8.78 Å². The summed E-state index contributed by atoms with van der Waals surface area (Å²) in [4.78, 5) is 21.6. The number of nitrogens with zero attached hydrogens (tertiary/aromatic N) is 1. The fraction of sp³-hybridized carbons (Fsp3) is 0. The summed E-state index contributed by atoms with van der Waals surface area (Å²) in [6.07, 6.45) is 0. The van der Waals surface area contributed by atoms with E-state index >= 15 is 0 Å². The molecular weight excluding hydrogens is 350 g/mol. The van der Waals surface area contributed by atoms with Gasteiger partial charge in [-0.1, -0.05) is 0 Å². The van der Waals surface area contributed by atoms with Crippen LogP contribution in [0.1, 0.15) is 10.4 Å². The Kier molecular flexibility index (Phi) is 4.27. The zero-order valence-corrected chi connectivity index (χ0v) is 11.9. The quantitative estimate of drug-likeness (QED) is 0.669. The van der Waals surface area contributed by atoms with Crippen LogP contribution in [0.3, 0.4) is 0 Å². The number of carbonyl (C=O) groups is 1. The molecule has 1 amide bonds. The van der Waals surface area contributed by atoms with Gasteiger partial charge in [0.2, 0.25) is 0 Å². The van der Waals surface area contributed by atoms with Crippen LogP contribution >= 0.6 is 15.9 Å². The first-order chi connectivity index (χ1) is 9.88. The predicted octanol–water partition coefficient (Wildman–Crippen LogP) is 3.89. The van der Waals surface area contributed by atoms with E-state index in [1.807, 2.05) is 0 Å². The Bertz CT molecular complexity index is 737. The molecule has 2 aromatic rings. The maximum absolute atomic E-state index is 13.7. The van der Waals surface area contributed by atoms with Crippen molar-refractivity contribution in [1.29, 1.82) is 0 Å². The zero-order chi connectivity index (χ0) is 15.6. The lowest BCUT2D eigenvalue weighted by molar-refractivity contribution is -0.385. The number of nitro groups is 1. The molecule has 0 saturated heterocycles. The first-order valence-corrected chi connectivity index (χ1v) is 6.38. The van der Waals surface area contributed by atoms with Crippen LogP contribution < -0.4 is 5.32 Å². The highest BCUT2D eigenvalue weighted by Crippen LogP contribution is 2.21. The largest absolute Gasteiger partial charge is 0.322 e. The second kappa shape index (κ2) is 5.96. The SMILES string of the molecule is O=C(Nc1ccc(Br)c(F)c1)c1ccc([N+](=O)[O-])cc1F. The highest BCUT2D eigenvalue weighted by atomic mass is 79.9. The van der Waals surface area contributed by atoms with Gasteiger partial charge in [0.05, 0.1) is 21.0 Å². The van der Waals surface area contributed by atoms with E-state index in [0.717, 1.165) is 18.2 Å². The lowest BCUT2D eigenvalue weighted by Gasteiger charge is -2.06. The Morgan fingerprint density at radius 2 is 1.86 bits per heavy atom. The highest BCUT2D eigenvalue weighted by Gasteiger charge is 2.16. The minimum Gasteiger partial charge on any atom is -0.322 e. The molecule has 0 radical (unpaired) electrons.